The van der Waals surface area contributed by atoms with Crippen LogP contribution in [0.15, 0.2) is 30.5 Å². The number of para-hydroxylation sites is 1. The van der Waals surface area contributed by atoms with Crippen LogP contribution in [-0.2, 0) is 17.2 Å². The molecular formula is C20H23F2N5O2. The number of pyridine rings is 1. The van der Waals surface area contributed by atoms with Crippen molar-refractivity contribution < 1.29 is 18.3 Å². The number of anilines is 1. The van der Waals surface area contributed by atoms with Gasteiger partial charge in [-0.3, -0.25) is 4.98 Å². The van der Waals surface area contributed by atoms with E-state index in [1.165, 1.54) is 12.3 Å². The maximum absolute atomic E-state index is 13.9. The number of nitrogens with zero attached hydrogens (tertiary/aromatic N) is 2. The van der Waals surface area contributed by atoms with Gasteiger partial charge in [0.05, 0.1) is 36.0 Å². The lowest BCUT2D eigenvalue weighted by atomic mass is 10.1. The van der Waals surface area contributed by atoms with E-state index in [0.717, 1.165) is 18.8 Å². The van der Waals surface area contributed by atoms with Crippen LogP contribution in [-0.4, -0.2) is 37.9 Å². The Morgan fingerprint density at radius 2 is 2.10 bits per heavy atom. The Bertz CT molecular complexity index is 1020. The van der Waals surface area contributed by atoms with E-state index in [1.54, 1.807) is 18.3 Å². The summed E-state index contributed by atoms with van der Waals surface area (Å²) in [4.78, 5) is 6.56. The van der Waals surface area contributed by atoms with Crippen LogP contribution in [0, 0.1) is 0 Å². The highest BCUT2D eigenvalue weighted by atomic mass is 19.3. The smallest absolute Gasteiger partial charge is 0.310 e. The van der Waals surface area contributed by atoms with Crippen molar-refractivity contribution in [3.8, 4) is 5.75 Å². The van der Waals surface area contributed by atoms with Crippen molar-refractivity contribution in [1.29, 1.82) is 0 Å². The van der Waals surface area contributed by atoms with Crippen molar-refractivity contribution in [2.45, 2.75) is 12.5 Å². The highest BCUT2D eigenvalue weighted by Crippen LogP contribution is 2.42. The zero-order valence-corrected chi connectivity index (χ0v) is 15.8. The summed E-state index contributed by atoms with van der Waals surface area (Å²) in [5, 5.41) is 4.27. The number of nitrogens with two attached hydrogens (primary N) is 2. The summed E-state index contributed by atoms with van der Waals surface area (Å²) in [5.74, 6) is -2.41. The molecule has 29 heavy (non-hydrogen) atoms. The van der Waals surface area contributed by atoms with E-state index in [0.29, 0.717) is 35.2 Å². The average Bonchev–Trinajstić information content (AvgIpc) is 3.07. The first-order chi connectivity index (χ1) is 14.0. The summed E-state index contributed by atoms with van der Waals surface area (Å²) in [6.07, 6.45) is 3.14. The van der Waals surface area contributed by atoms with Gasteiger partial charge in [0.25, 0.3) is 0 Å². The van der Waals surface area contributed by atoms with Gasteiger partial charge < -0.3 is 31.2 Å². The van der Waals surface area contributed by atoms with Gasteiger partial charge in [-0.05, 0) is 12.1 Å². The Labute approximate surface area is 166 Å². The molecule has 0 spiro atoms. The van der Waals surface area contributed by atoms with Crippen molar-refractivity contribution in [2.24, 2.45) is 11.5 Å². The molecule has 0 aliphatic carbocycles. The van der Waals surface area contributed by atoms with Gasteiger partial charge in [-0.25, -0.2) is 0 Å². The summed E-state index contributed by atoms with van der Waals surface area (Å²) in [5.41, 5.74) is 13.4. The monoisotopic (exact) mass is 403 g/mol. The largest absolute Gasteiger partial charge is 0.486 e. The molecule has 154 valence electrons. The molecule has 0 atom stereocenters. The lowest BCUT2D eigenvalue weighted by Gasteiger charge is -2.28. The quantitative estimate of drug-likeness (QED) is 0.657. The van der Waals surface area contributed by atoms with Gasteiger partial charge in [0.15, 0.2) is 6.61 Å². The van der Waals surface area contributed by atoms with Crippen molar-refractivity contribution in [3.63, 3.8) is 0 Å². The van der Waals surface area contributed by atoms with Crippen LogP contribution >= 0.6 is 0 Å². The van der Waals surface area contributed by atoms with Crippen LogP contribution in [0.2, 0.25) is 0 Å². The zero-order valence-electron chi connectivity index (χ0n) is 15.8. The Morgan fingerprint density at radius 1 is 1.31 bits per heavy atom. The predicted molar refractivity (Wildman–Crippen MR) is 105 cm³/mol. The fourth-order valence-corrected chi connectivity index (χ4v) is 3.52. The lowest BCUT2D eigenvalue weighted by molar-refractivity contribution is -0.0214. The molecule has 0 amide bonds. The molecule has 0 radical (unpaired) electrons. The SMILES string of the molecule is N/C=c1/ncc(N2CCOCC2)c/c1=C(/N)NCc1cccc2c1OCC2(F)F. The van der Waals surface area contributed by atoms with Gasteiger partial charge in [0.2, 0.25) is 0 Å². The number of hydrogen-bond donors (Lipinski definition) is 3. The van der Waals surface area contributed by atoms with Crippen LogP contribution in [0.4, 0.5) is 14.5 Å². The molecule has 4 rings (SSSR count). The van der Waals surface area contributed by atoms with E-state index in [-0.39, 0.29) is 17.9 Å². The second-order valence-corrected chi connectivity index (χ2v) is 6.95. The van der Waals surface area contributed by atoms with E-state index in [1.807, 2.05) is 6.07 Å². The molecule has 5 N–H and O–H groups in total. The lowest BCUT2D eigenvalue weighted by Crippen LogP contribution is -2.41. The van der Waals surface area contributed by atoms with Crippen LogP contribution < -0.4 is 37.0 Å². The van der Waals surface area contributed by atoms with Crippen LogP contribution in [0.25, 0.3) is 12.0 Å². The molecule has 1 aromatic carbocycles. The van der Waals surface area contributed by atoms with Crippen LogP contribution in [0.3, 0.4) is 0 Å². The van der Waals surface area contributed by atoms with Crippen LogP contribution in [0.1, 0.15) is 11.1 Å². The number of ether oxygens (including phenoxy) is 2. The third-order valence-electron chi connectivity index (χ3n) is 5.09. The van der Waals surface area contributed by atoms with Crippen molar-refractivity contribution >= 4 is 17.7 Å². The Morgan fingerprint density at radius 3 is 2.86 bits per heavy atom. The summed E-state index contributed by atoms with van der Waals surface area (Å²) >= 11 is 0. The van der Waals surface area contributed by atoms with Gasteiger partial charge in [0, 0.05) is 36.6 Å². The first-order valence-electron chi connectivity index (χ1n) is 9.37. The van der Waals surface area contributed by atoms with Gasteiger partial charge in [-0.1, -0.05) is 12.1 Å². The molecule has 2 aromatic rings. The molecule has 0 saturated carbocycles. The number of halogens is 2. The molecule has 0 bridgehead atoms. The Balaban J connectivity index is 1.62. The summed E-state index contributed by atoms with van der Waals surface area (Å²) in [7, 11) is 0. The van der Waals surface area contributed by atoms with E-state index >= 15 is 0 Å². The first-order valence-corrected chi connectivity index (χ1v) is 9.37. The summed E-state index contributed by atoms with van der Waals surface area (Å²) in [6, 6.07) is 6.63. The summed E-state index contributed by atoms with van der Waals surface area (Å²) in [6.45, 7) is 2.43. The minimum atomic E-state index is -2.97. The van der Waals surface area contributed by atoms with Crippen molar-refractivity contribution in [2.75, 3.05) is 37.8 Å². The second-order valence-electron chi connectivity index (χ2n) is 6.95. The minimum absolute atomic E-state index is 0.0951. The number of fused-ring (bicyclic) bond motifs is 1. The maximum atomic E-state index is 13.9. The van der Waals surface area contributed by atoms with E-state index in [2.05, 4.69) is 15.2 Å². The third kappa shape index (κ3) is 3.77. The molecule has 1 aromatic heterocycles. The van der Waals surface area contributed by atoms with Gasteiger partial charge in [-0.2, -0.15) is 8.78 Å². The average molecular weight is 403 g/mol. The minimum Gasteiger partial charge on any atom is -0.486 e. The molecule has 1 fully saturated rings. The van der Waals surface area contributed by atoms with Gasteiger partial charge in [-0.15, -0.1) is 0 Å². The highest BCUT2D eigenvalue weighted by Gasteiger charge is 2.42. The number of morpholine rings is 1. The standard InChI is InChI=1S/C20H23F2N5O2/c21-20(22)12-29-18-13(2-1-3-16(18)20)10-26-19(24)15-8-14(11-25-17(15)9-23)27-4-6-28-7-5-27/h1-3,8-9,11,26H,4-7,10,12,23-24H2/b17-9+,19-15+. The second kappa shape index (κ2) is 7.75. The van der Waals surface area contributed by atoms with E-state index in [9.17, 15) is 8.78 Å². The maximum Gasteiger partial charge on any atom is 0.310 e. The van der Waals surface area contributed by atoms with Gasteiger partial charge >= 0.3 is 5.92 Å². The third-order valence-corrected chi connectivity index (χ3v) is 5.09. The number of aromatic nitrogens is 1. The molecule has 9 heteroatoms. The molecule has 3 heterocycles. The number of nitrogens with one attached hydrogen (secondary N) is 1. The van der Waals surface area contributed by atoms with E-state index < -0.39 is 12.5 Å². The van der Waals surface area contributed by atoms with Crippen LogP contribution in [0.5, 0.6) is 5.75 Å². The first kappa shape index (κ1) is 19.3. The number of rotatable bonds is 4. The molecule has 2 aliphatic heterocycles. The molecule has 2 aliphatic rings. The molecular weight excluding hydrogens is 380 g/mol. The fraction of sp³-hybridized carbons (Fsp3) is 0.350. The molecule has 1 saturated heterocycles. The fourth-order valence-electron chi connectivity index (χ4n) is 3.52. The highest BCUT2D eigenvalue weighted by molar-refractivity contribution is 5.51. The number of benzene rings is 1. The van der Waals surface area contributed by atoms with E-state index in [4.69, 9.17) is 20.9 Å². The van der Waals surface area contributed by atoms with Gasteiger partial charge in [0.1, 0.15) is 11.6 Å². The normalized spacial score (nSPS) is 19.5. The number of hydrogen-bond acceptors (Lipinski definition) is 7. The predicted octanol–water partition coefficient (Wildman–Crippen LogP) is -0.0867. The topological polar surface area (TPSA) is 98.7 Å². The van der Waals surface area contributed by atoms with Crippen molar-refractivity contribution in [1.82, 2.24) is 10.3 Å². The number of alkyl halides is 2. The summed E-state index contributed by atoms with van der Waals surface area (Å²) < 4.78 is 38.4. The molecule has 7 nitrogen and oxygen atoms in total. The Kier molecular flexibility index (Phi) is 5.14. The van der Waals surface area contributed by atoms with Crippen molar-refractivity contribution in [3.05, 3.63) is 52.2 Å². The zero-order chi connectivity index (χ0) is 20.4. The molecule has 0 unspecified atom stereocenters. The Hall–Kier alpha value is -3.07.